The van der Waals surface area contributed by atoms with Crippen LogP contribution in [-0.4, -0.2) is 13.7 Å². The van der Waals surface area contributed by atoms with Crippen LogP contribution in [0, 0.1) is 0 Å². The molecule has 0 aliphatic heterocycles. The fraction of sp³-hybridized carbons (Fsp3) is 0.250. The Labute approximate surface area is 136 Å². The maximum absolute atomic E-state index is 5.54. The van der Waals surface area contributed by atoms with Crippen molar-refractivity contribution in [2.45, 2.75) is 11.8 Å². The lowest BCUT2D eigenvalue weighted by molar-refractivity contribution is 0.338. The minimum absolute atomic E-state index is 0.0747. The summed E-state index contributed by atoms with van der Waals surface area (Å²) in [6, 6.07) is 14.1. The van der Waals surface area contributed by atoms with E-state index in [0.29, 0.717) is 6.61 Å². The molecular formula is C16H16Br2O2. The Bertz CT molecular complexity index is 584. The third kappa shape index (κ3) is 3.36. The summed E-state index contributed by atoms with van der Waals surface area (Å²) in [4.78, 5) is 0.0747. The molecule has 4 heteroatoms. The molecule has 0 bridgehead atoms. The van der Waals surface area contributed by atoms with Crippen LogP contribution in [0.4, 0.5) is 0 Å². The SMILES string of the molecule is CCOc1ccc(C(Br)c2ccccc2OC)cc1Br. The van der Waals surface area contributed by atoms with Crippen molar-refractivity contribution in [2.24, 2.45) is 0 Å². The number of rotatable bonds is 5. The summed E-state index contributed by atoms with van der Waals surface area (Å²) in [5.41, 5.74) is 2.25. The highest BCUT2D eigenvalue weighted by atomic mass is 79.9. The van der Waals surface area contributed by atoms with Gasteiger partial charge in [-0.05, 0) is 46.6 Å². The van der Waals surface area contributed by atoms with E-state index >= 15 is 0 Å². The molecule has 0 aliphatic rings. The Kier molecular flexibility index (Phi) is 5.49. The van der Waals surface area contributed by atoms with Gasteiger partial charge in [0, 0.05) is 5.56 Å². The number of para-hydroxylation sites is 1. The van der Waals surface area contributed by atoms with Gasteiger partial charge in [0.15, 0.2) is 0 Å². The van der Waals surface area contributed by atoms with Gasteiger partial charge in [0.25, 0.3) is 0 Å². The van der Waals surface area contributed by atoms with E-state index < -0.39 is 0 Å². The summed E-state index contributed by atoms with van der Waals surface area (Å²) in [6.07, 6.45) is 0. The molecule has 0 heterocycles. The van der Waals surface area contributed by atoms with Gasteiger partial charge in [-0.25, -0.2) is 0 Å². The summed E-state index contributed by atoms with van der Waals surface area (Å²) >= 11 is 7.29. The second-order valence-corrected chi connectivity index (χ2v) is 6.00. The molecule has 20 heavy (non-hydrogen) atoms. The Hall–Kier alpha value is -1.00. The van der Waals surface area contributed by atoms with Crippen LogP contribution in [0.15, 0.2) is 46.9 Å². The number of ether oxygens (including phenoxy) is 2. The van der Waals surface area contributed by atoms with Crippen molar-refractivity contribution in [3.63, 3.8) is 0 Å². The van der Waals surface area contributed by atoms with Crippen LogP contribution in [0.3, 0.4) is 0 Å². The standard InChI is InChI=1S/C16H16Br2O2/c1-3-20-15-9-8-11(10-13(15)17)16(18)12-6-4-5-7-14(12)19-2/h4-10,16H,3H2,1-2H3. The number of methoxy groups -OCH3 is 1. The van der Waals surface area contributed by atoms with E-state index in [1.165, 1.54) is 0 Å². The first-order valence-corrected chi connectivity index (χ1v) is 8.07. The average Bonchev–Trinajstić information content (AvgIpc) is 2.48. The first kappa shape index (κ1) is 15.4. The molecule has 2 rings (SSSR count). The van der Waals surface area contributed by atoms with Gasteiger partial charge in [-0.1, -0.05) is 40.2 Å². The number of halogens is 2. The van der Waals surface area contributed by atoms with E-state index in [4.69, 9.17) is 9.47 Å². The van der Waals surface area contributed by atoms with Crippen LogP contribution in [-0.2, 0) is 0 Å². The van der Waals surface area contributed by atoms with E-state index in [-0.39, 0.29) is 4.83 Å². The lowest BCUT2D eigenvalue weighted by Gasteiger charge is -2.16. The summed E-state index contributed by atoms with van der Waals surface area (Å²) in [5, 5.41) is 0. The van der Waals surface area contributed by atoms with Crippen molar-refractivity contribution in [3.8, 4) is 11.5 Å². The lowest BCUT2D eigenvalue weighted by Crippen LogP contribution is -1.98. The second-order valence-electron chi connectivity index (χ2n) is 4.23. The highest BCUT2D eigenvalue weighted by molar-refractivity contribution is 9.10. The second kappa shape index (κ2) is 7.14. The molecule has 2 aromatic carbocycles. The van der Waals surface area contributed by atoms with Crippen molar-refractivity contribution >= 4 is 31.9 Å². The molecule has 1 unspecified atom stereocenters. The Morgan fingerprint density at radius 3 is 2.50 bits per heavy atom. The molecule has 0 saturated carbocycles. The minimum atomic E-state index is 0.0747. The van der Waals surface area contributed by atoms with Gasteiger partial charge in [-0.15, -0.1) is 0 Å². The molecular weight excluding hydrogens is 384 g/mol. The molecule has 0 aliphatic carbocycles. The van der Waals surface area contributed by atoms with Gasteiger partial charge >= 0.3 is 0 Å². The molecule has 0 aromatic heterocycles. The van der Waals surface area contributed by atoms with Crippen molar-refractivity contribution < 1.29 is 9.47 Å². The molecule has 1 atom stereocenters. The third-order valence-corrected chi connectivity index (χ3v) is 4.60. The highest BCUT2D eigenvalue weighted by Crippen LogP contribution is 2.38. The van der Waals surface area contributed by atoms with Gasteiger partial charge in [-0.2, -0.15) is 0 Å². The molecule has 0 radical (unpaired) electrons. The van der Waals surface area contributed by atoms with Crippen molar-refractivity contribution in [1.29, 1.82) is 0 Å². The van der Waals surface area contributed by atoms with Crippen LogP contribution >= 0.6 is 31.9 Å². The topological polar surface area (TPSA) is 18.5 Å². The molecule has 106 valence electrons. The van der Waals surface area contributed by atoms with E-state index in [9.17, 15) is 0 Å². The summed E-state index contributed by atoms with van der Waals surface area (Å²) < 4.78 is 11.9. The maximum atomic E-state index is 5.54. The molecule has 2 aromatic rings. The zero-order valence-corrected chi connectivity index (χ0v) is 14.6. The fourth-order valence-corrected chi connectivity index (χ4v) is 3.18. The van der Waals surface area contributed by atoms with Gasteiger partial charge in [0.1, 0.15) is 11.5 Å². The lowest BCUT2D eigenvalue weighted by atomic mass is 10.0. The van der Waals surface area contributed by atoms with Gasteiger partial charge in [-0.3, -0.25) is 0 Å². The predicted molar refractivity (Wildman–Crippen MR) is 89.1 cm³/mol. The summed E-state index contributed by atoms with van der Waals surface area (Å²) in [5.74, 6) is 1.73. The van der Waals surface area contributed by atoms with E-state index in [0.717, 1.165) is 27.1 Å². The van der Waals surface area contributed by atoms with Gasteiger partial charge in [0.05, 0.1) is 23.0 Å². The summed E-state index contributed by atoms with van der Waals surface area (Å²) in [6.45, 7) is 2.63. The van der Waals surface area contributed by atoms with E-state index in [1.54, 1.807) is 7.11 Å². The Morgan fingerprint density at radius 1 is 1.10 bits per heavy atom. The highest BCUT2D eigenvalue weighted by Gasteiger charge is 2.16. The third-order valence-electron chi connectivity index (χ3n) is 2.96. The van der Waals surface area contributed by atoms with Crippen LogP contribution in [0.1, 0.15) is 22.9 Å². The largest absolute Gasteiger partial charge is 0.496 e. The normalized spacial score (nSPS) is 12.0. The molecule has 0 spiro atoms. The number of benzene rings is 2. The quantitative estimate of drug-likeness (QED) is 0.631. The summed E-state index contributed by atoms with van der Waals surface area (Å²) in [7, 11) is 1.69. The zero-order chi connectivity index (χ0) is 14.5. The van der Waals surface area contributed by atoms with Crippen LogP contribution in [0.2, 0.25) is 0 Å². The molecule has 0 saturated heterocycles. The van der Waals surface area contributed by atoms with Crippen molar-refractivity contribution in [1.82, 2.24) is 0 Å². The van der Waals surface area contributed by atoms with E-state index in [2.05, 4.69) is 50.1 Å². The minimum Gasteiger partial charge on any atom is -0.496 e. The monoisotopic (exact) mass is 398 g/mol. The van der Waals surface area contributed by atoms with Crippen molar-refractivity contribution in [2.75, 3.05) is 13.7 Å². The zero-order valence-electron chi connectivity index (χ0n) is 11.4. The van der Waals surface area contributed by atoms with Gasteiger partial charge < -0.3 is 9.47 Å². The van der Waals surface area contributed by atoms with Crippen LogP contribution in [0.25, 0.3) is 0 Å². The molecule has 2 nitrogen and oxygen atoms in total. The maximum Gasteiger partial charge on any atom is 0.133 e. The van der Waals surface area contributed by atoms with E-state index in [1.807, 2.05) is 31.2 Å². The molecule has 0 amide bonds. The Balaban J connectivity index is 2.33. The number of alkyl halides is 1. The van der Waals surface area contributed by atoms with Crippen molar-refractivity contribution in [3.05, 3.63) is 58.1 Å². The van der Waals surface area contributed by atoms with Crippen LogP contribution < -0.4 is 9.47 Å². The van der Waals surface area contributed by atoms with Gasteiger partial charge in [0.2, 0.25) is 0 Å². The first-order chi connectivity index (χ1) is 9.67. The Morgan fingerprint density at radius 2 is 1.85 bits per heavy atom. The fourth-order valence-electron chi connectivity index (χ4n) is 2.00. The molecule has 0 N–H and O–H groups in total. The first-order valence-electron chi connectivity index (χ1n) is 6.36. The smallest absolute Gasteiger partial charge is 0.133 e. The average molecular weight is 400 g/mol. The predicted octanol–water partition coefficient (Wildman–Crippen LogP) is 5.34. The number of hydrogen-bond acceptors (Lipinski definition) is 2. The molecule has 0 fully saturated rings. The number of hydrogen-bond donors (Lipinski definition) is 0. The van der Waals surface area contributed by atoms with Crippen LogP contribution in [0.5, 0.6) is 11.5 Å².